The minimum Gasteiger partial charge on any atom is -0.496 e. The van der Waals surface area contributed by atoms with Gasteiger partial charge in [0.1, 0.15) is 11.6 Å². The summed E-state index contributed by atoms with van der Waals surface area (Å²) in [6, 6.07) is 0.359. The Balaban J connectivity index is 1.85. The molecule has 2 aromatic rings. The number of rotatable bonds is 4. The molecular weight excluding hydrogens is 276 g/mol. The molecule has 1 aliphatic heterocycles. The summed E-state index contributed by atoms with van der Waals surface area (Å²) >= 11 is 0. The van der Waals surface area contributed by atoms with Gasteiger partial charge in [0, 0.05) is 36.3 Å². The second-order valence-electron chi connectivity index (χ2n) is 6.00. The predicted octanol–water partition coefficient (Wildman–Crippen LogP) is 3.16. The minimum absolute atomic E-state index is 0.359. The van der Waals surface area contributed by atoms with Gasteiger partial charge in [-0.05, 0) is 33.2 Å². The Morgan fingerprint density at radius 2 is 2.18 bits per heavy atom. The third kappa shape index (κ3) is 2.86. The van der Waals surface area contributed by atoms with E-state index >= 15 is 0 Å². The van der Waals surface area contributed by atoms with Crippen LogP contribution in [-0.2, 0) is 6.54 Å². The molecule has 22 heavy (non-hydrogen) atoms. The summed E-state index contributed by atoms with van der Waals surface area (Å²) in [5.74, 6) is 2.02. The van der Waals surface area contributed by atoms with Gasteiger partial charge in [-0.2, -0.15) is 0 Å². The monoisotopic (exact) mass is 300 g/mol. The molecule has 0 saturated carbocycles. The van der Waals surface area contributed by atoms with Crippen LogP contribution in [-0.4, -0.2) is 33.5 Å². The van der Waals surface area contributed by atoms with Gasteiger partial charge in [-0.25, -0.2) is 4.98 Å². The summed E-state index contributed by atoms with van der Waals surface area (Å²) in [7, 11) is 1.73. The molecule has 0 bridgehead atoms. The number of methoxy groups -OCH3 is 1. The molecule has 0 spiro atoms. The standard InChI is InChI=1S/C17H24N4O/c1-12-10-20-14(13(2)16(12)22-3)11-21-9-5-4-6-15(21)17-18-7-8-19-17/h7-8,10,15H,4-6,9,11H2,1-3H3,(H,18,19)/t15-/m1/s1. The molecular formula is C17H24N4O. The van der Waals surface area contributed by atoms with Gasteiger partial charge in [-0.1, -0.05) is 6.42 Å². The molecule has 5 heteroatoms. The SMILES string of the molecule is COc1c(C)cnc(CN2CCCC[C@@H]2c2ncc[nH]2)c1C. The van der Waals surface area contributed by atoms with E-state index in [1.807, 2.05) is 25.5 Å². The maximum atomic E-state index is 5.53. The van der Waals surface area contributed by atoms with Crippen LogP contribution >= 0.6 is 0 Å². The van der Waals surface area contributed by atoms with Crippen molar-refractivity contribution in [3.63, 3.8) is 0 Å². The number of hydrogen-bond donors (Lipinski definition) is 1. The molecule has 0 radical (unpaired) electrons. The second-order valence-corrected chi connectivity index (χ2v) is 6.00. The van der Waals surface area contributed by atoms with Crippen LogP contribution in [0, 0.1) is 13.8 Å². The first-order valence-corrected chi connectivity index (χ1v) is 7.93. The molecule has 0 aromatic carbocycles. The number of ether oxygens (including phenoxy) is 1. The highest BCUT2D eigenvalue weighted by Gasteiger charge is 2.26. The van der Waals surface area contributed by atoms with Gasteiger partial charge < -0.3 is 9.72 Å². The maximum absolute atomic E-state index is 5.53. The number of pyridine rings is 1. The predicted molar refractivity (Wildman–Crippen MR) is 85.9 cm³/mol. The fourth-order valence-electron chi connectivity index (χ4n) is 3.37. The maximum Gasteiger partial charge on any atom is 0.128 e. The number of imidazole rings is 1. The number of likely N-dealkylation sites (tertiary alicyclic amines) is 1. The second kappa shape index (κ2) is 6.48. The number of aromatic nitrogens is 3. The van der Waals surface area contributed by atoms with E-state index in [9.17, 15) is 0 Å². The van der Waals surface area contributed by atoms with E-state index in [-0.39, 0.29) is 0 Å². The lowest BCUT2D eigenvalue weighted by Gasteiger charge is -2.34. The van der Waals surface area contributed by atoms with Crippen molar-refractivity contribution in [1.29, 1.82) is 0 Å². The van der Waals surface area contributed by atoms with Crippen LogP contribution in [0.2, 0.25) is 0 Å². The molecule has 3 rings (SSSR count). The molecule has 1 saturated heterocycles. The summed E-state index contributed by atoms with van der Waals surface area (Å²) < 4.78 is 5.53. The Morgan fingerprint density at radius 1 is 1.32 bits per heavy atom. The number of H-pyrrole nitrogens is 1. The molecule has 118 valence electrons. The molecule has 1 aliphatic rings. The zero-order valence-corrected chi connectivity index (χ0v) is 13.6. The van der Waals surface area contributed by atoms with Crippen LogP contribution in [0.15, 0.2) is 18.6 Å². The average Bonchev–Trinajstić information content (AvgIpc) is 3.05. The third-order valence-electron chi connectivity index (χ3n) is 4.55. The molecule has 0 amide bonds. The van der Waals surface area contributed by atoms with E-state index in [1.165, 1.54) is 12.8 Å². The van der Waals surface area contributed by atoms with Crippen LogP contribution in [0.3, 0.4) is 0 Å². The molecule has 1 atom stereocenters. The van der Waals surface area contributed by atoms with Crippen molar-refractivity contribution in [1.82, 2.24) is 19.9 Å². The van der Waals surface area contributed by atoms with E-state index in [2.05, 4.69) is 26.8 Å². The van der Waals surface area contributed by atoms with Crippen LogP contribution in [0.1, 0.15) is 47.9 Å². The summed E-state index contributed by atoms with van der Waals surface area (Å²) in [6.07, 6.45) is 9.29. The van der Waals surface area contributed by atoms with Gasteiger partial charge in [0.05, 0.1) is 18.8 Å². The van der Waals surface area contributed by atoms with E-state index in [0.717, 1.165) is 47.9 Å². The summed E-state index contributed by atoms with van der Waals surface area (Å²) in [5, 5.41) is 0. The highest BCUT2D eigenvalue weighted by Crippen LogP contribution is 2.32. The number of hydrogen-bond acceptors (Lipinski definition) is 4. The molecule has 0 aliphatic carbocycles. The van der Waals surface area contributed by atoms with E-state index in [0.29, 0.717) is 6.04 Å². The zero-order chi connectivity index (χ0) is 15.5. The zero-order valence-electron chi connectivity index (χ0n) is 13.6. The molecule has 0 unspecified atom stereocenters. The van der Waals surface area contributed by atoms with Gasteiger partial charge in [0.25, 0.3) is 0 Å². The number of nitrogens with zero attached hydrogens (tertiary/aromatic N) is 3. The fourth-order valence-corrected chi connectivity index (χ4v) is 3.37. The van der Waals surface area contributed by atoms with Crippen molar-refractivity contribution in [2.75, 3.05) is 13.7 Å². The van der Waals surface area contributed by atoms with E-state index in [1.54, 1.807) is 7.11 Å². The largest absolute Gasteiger partial charge is 0.496 e. The van der Waals surface area contributed by atoms with E-state index in [4.69, 9.17) is 4.74 Å². The lowest BCUT2D eigenvalue weighted by molar-refractivity contribution is 0.132. The fraction of sp³-hybridized carbons (Fsp3) is 0.529. The first-order valence-electron chi connectivity index (χ1n) is 7.93. The van der Waals surface area contributed by atoms with Crippen LogP contribution in [0.5, 0.6) is 5.75 Å². The van der Waals surface area contributed by atoms with Gasteiger partial charge in [0.15, 0.2) is 0 Å². The lowest BCUT2D eigenvalue weighted by Crippen LogP contribution is -2.34. The van der Waals surface area contributed by atoms with Crippen LogP contribution in [0.25, 0.3) is 0 Å². The Bertz CT molecular complexity index is 624. The van der Waals surface area contributed by atoms with Gasteiger partial charge in [-0.3, -0.25) is 9.88 Å². The Labute approximate surface area is 131 Å². The van der Waals surface area contributed by atoms with Gasteiger partial charge in [0.2, 0.25) is 0 Å². The van der Waals surface area contributed by atoms with E-state index < -0.39 is 0 Å². The molecule has 2 aromatic heterocycles. The van der Waals surface area contributed by atoms with Crippen molar-refractivity contribution in [3.8, 4) is 5.75 Å². The van der Waals surface area contributed by atoms with Gasteiger partial charge in [-0.15, -0.1) is 0 Å². The van der Waals surface area contributed by atoms with Crippen LogP contribution in [0.4, 0.5) is 0 Å². The molecule has 1 N–H and O–H groups in total. The first kappa shape index (κ1) is 15.0. The highest BCUT2D eigenvalue weighted by atomic mass is 16.5. The molecule has 3 heterocycles. The topological polar surface area (TPSA) is 54.0 Å². The Kier molecular flexibility index (Phi) is 4.43. The lowest BCUT2D eigenvalue weighted by atomic mass is 10.0. The molecule has 1 fully saturated rings. The average molecular weight is 300 g/mol. The number of nitrogens with one attached hydrogen (secondary N) is 1. The van der Waals surface area contributed by atoms with Crippen LogP contribution < -0.4 is 4.74 Å². The quantitative estimate of drug-likeness (QED) is 0.942. The van der Waals surface area contributed by atoms with Crippen molar-refractivity contribution >= 4 is 0 Å². The minimum atomic E-state index is 0.359. The Hall–Kier alpha value is -1.88. The third-order valence-corrected chi connectivity index (χ3v) is 4.55. The summed E-state index contributed by atoms with van der Waals surface area (Å²) in [5.41, 5.74) is 3.33. The smallest absolute Gasteiger partial charge is 0.128 e. The summed E-state index contributed by atoms with van der Waals surface area (Å²) in [6.45, 7) is 6.06. The highest BCUT2D eigenvalue weighted by molar-refractivity contribution is 5.41. The Morgan fingerprint density at radius 3 is 2.91 bits per heavy atom. The number of piperidine rings is 1. The summed E-state index contributed by atoms with van der Waals surface area (Å²) in [4.78, 5) is 14.9. The first-order chi connectivity index (χ1) is 10.7. The van der Waals surface area contributed by atoms with Gasteiger partial charge >= 0.3 is 0 Å². The van der Waals surface area contributed by atoms with Crippen molar-refractivity contribution in [2.45, 2.75) is 45.7 Å². The van der Waals surface area contributed by atoms with Crippen molar-refractivity contribution < 1.29 is 4.74 Å². The van der Waals surface area contributed by atoms with Crippen molar-refractivity contribution in [3.05, 3.63) is 41.2 Å². The molecule has 5 nitrogen and oxygen atoms in total. The normalized spacial score (nSPS) is 19.3. The van der Waals surface area contributed by atoms with Crippen molar-refractivity contribution in [2.24, 2.45) is 0 Å². The number of aromatic amines is 1. The number of aryl methyl sites for hydroxylation is 1.